The fourth-order valence-corrected chi connectivity index (χ4v) is 2.77. The summed E-state index contributed by atoms with van der Waals surface area (Å²) in [6, 6.07) is 8.96. The number of aromatic nitrogens is 2. The average molecular weight is 301 g/mol. The van der Waals surface area contributed by atoms with Gasteiger partial charge in [0.1, 0.15) is 10.6 Å². The fourth-order valence-electron chi connectivity index (χ4n) is 1.74. The minimum Gasteiger partial charge on any atom is -0.478 e. The summed E-state index contributed by atoms with van der Waals surface area (Å²) in [5, 5.41) is 18.1. The normalized spacial score (nSPS) is 10.1. The predicted octanol–water partition coefficient (Wildman–Crippen LogP) is 1.94. The molecular formula is C14H11N3O3S. The van der Waals surface area contributed by atoms with Gasteiger partial charge in [-0.15, -0.1) is 11.8 Å². The molecule has 0 aliphatic heterocycles. The topological polar surface area (TPSA) is 107 Å². The molecule has 0 saturated carbocycles. The number of H-pyrrole nitrogens is 1. The fraction of sp³-hybridized carbons (Fsp3) is 0.143. The molecule has 1 aromatic heterocycles. The zero-order chi connectivity index (χ0) is 15.4. The molecule has 1 aromatic carbocycles. The van der Waals surface area contributed by atoms with Gasteiger partial charge in [0.15, 0.2) is 0 Å². The Morgan fingerprint density at radius 1 is 1.43 bits per heavy atom. The van der Waals surface area contributed by atoms with Gasteiger partial charge in [0, 0.05) is 11.4 Å². The van der Waals surface area contributed by atoms with E-state index < -0.39 is 11.7 Å². The van der Waals surface area contributed by atoms with Gasteiger partial charge in [-0.2, -0.15) is 10.2 Å². The van der Waals surface area contributed by atoms with E-state index in [1.54, 1.807) is 24.3 Å². The third kappa shape index (κ3) is 3.49. The summed E-state index contributed by atoms with van der Waals surface area (Å²) in [7, 11) is 0. The second-order valence-corrected chi connectivity index (χ2v) is 5.21. The number of benzene rings is 1. The quantitative estimate of drug-likeness (QED) is 0.660. The van der Waals surface area contributed by atoms with Crippen molar-refractivity contribution in [3.63, 3.8) is 0 Å². The van der Waals surface area contributed by atoms with E-state index in [-0.39, 0.29) is 16.3 Å². The Hall–Kier alpha value is -2.59. The van der Waals surface area contributed by atoms with Crippen molar-refractivity contribution in [3.8, 4) is 6.07 Å². The number of nitriles is 1. The van der Waals surface area contributed by atoms with Gasteiger partial charge in [-0.1, -0.05) is 12.1 Å². The summed E-state index contributed by atoms with van der Waals surface area (Å²) in [4.78, 5) is 28.7. The number of carboxylic acid groups (broad SMARTS) is 1. The molecule has 0 saturated heterocycles. The smallest absolute Gasteiger partial charge is 0.346 e. The molecule has 0 radical (unpaired) electrons. The van der Waals surface area contributed by atoms with E-state index in [2.05, 4.69) is 9.97 Å². The molecule has 2 rings (SSSR count). The van der Waals surface area contributed by atoms with Crippen LogP contribution in [0.1, 0.15) is 27.2 Å². The highest BCUT2D eigenvalue weighted by molar-refractivity contribution is 7.98. The molecule has 2 N–H and O–H groups in total. The maximum absolute atomic E-state index is 11.4. The summed E-state index contributed by atoms with van der Waals surface area (Å²) in [5.41, 5.74) is 1.19. The Bertz CT molecular complexity index is 776. The standard InChI is InChI=1S/C14H11N3O3S/c1-8-11(13(18)19)12(17-14(20)16-8)21-7-10-4-2-9(6-15)3-5-10/h2-5H,7H2,1H3,(H,18,19)(H,16,17,20). The first-order chi connectivity index (χ1) is 10.0. The van der Waals surface area contributed by atoms with Crippen molar-refractivity contribution in [2.24, 2.45) is 0 Å². The lowest BCUT2D eigenvalue weighted by Gasteiger charge is -2.07. The third-order valence-corrected chi connectivity index (χ3v) is 3.81. The van der Waals surface area contributed by atoms with Gasteiger partial charge < -0.3 is 10.1 Å². The minimum absolute atomic E-state index is 0.00763. The van der Waals surface area contributed by atoms with Crippen molar-refractivity contribution in [3.05, 3.63) is 57.1 Å². The zero-order valence-electron chi connectivity index (χ0n) is 11.1. The lowest BCUT2D eigenvalue weighted by Crippen LogP contribution is -2.18. The Morgan fingerprint density at radius 2 is 2.10 bits per heavy atom. The maximum Gasteiger partial charge on any atom is 0.346 e. The molecule has 0 aliphatic carbocycles. The molecule has 2 aromatic rings. The van der Waals surface area contributed by atoms with Gasteiger partial charge in [-0.05, 0) is 24.6 Å². The van der Waals surface area contributed by atoms with Crippen LogP contribution in [0.2, 0.25) is 0 Å². The number of hydrogen-bond donors (Lipinski definition) is 2. The number of hydrogen-bond acceptors (Lipinski definition) is 5. The molecule has 0 aliphatic rings. The van der Waals surface area contributed by atoms with Gasteiger partial charge in [0.2, 0.25) is 0 Å². The number of carbonyl (C=O) groups is 1. The highest BCUT2D eigenvalue weighted by Gasteiger charge is 2.16. The lowest BCUT2D eigenvalue weighted by molar-refractivity contribution is 0.0690. The molecular weight excluding hydrogens is 290 g/mol. The summed E-state index contributed by atoms with van der Waals surface area (Å²) >= 11 is 1.18. The molecule has 0 amide bonds. The highest BCUT2D eigenvalue weighted by Crippen LogP contribution is 2.24. The number of aromatic amines is 1. The van der Waals surface area contributed by atoms with Crippen molar-refractivity contribution in [2.45, 2.75) is 17.7 Å². The van der Waals surface area contributed by atoms with E-state index in [1.165, 1.54) is 18.7 Å². The van der Waals surface area contributed by atoms with Crippen molar-refractivity contribution in [2.75, 3.05) is 0 Å². The van der Waals surface area contributed by atoms with Crippen LogP contribution in [0.25, 0.3) is 0 Å². The van der Waals surface area contributed by atoms with E-state index in [4.69, 9.17) is 5.26 Å². The number of nitrogens with zero attached hydrogens (tertiary/aromatic N) is 2. The second-order valence-electron chi connectivity index (χ2n) is 4.25. The minimum atomic E-state index is -1.13. The number of aryl methyl sites for hydroxylation is 1. The first kappa shape index (κ1) is 14.8. The van der Waals surface area contributed by atoms with E-state index in [9.17, 15) is 14.7 Å². The van der Waals surface area contributed by atoms with Crippen LogP contribution in [0.3, 0.4) is 0 Å². The number of carboxylic acids is 1. The molecule has 0 bridgehead atoms. The van der Waals surface area contributed by atoms with Gasteiger partial charge in [0.25, 0.3) is 0 Å². The molecule has 21 heavy (non-hydrogen) atoms. The van der Waals surface area contributed by atoms with Crippen molar-refractivity contribution in [1.82, 2.24) is 9.97 Å². The highest BCUT2D eigenvalue weighted by atomic mass is 32.2. The first-order valence-electron chi connectivity index (χ1n) is 5.97. The largest absolute Gasteiger partial charge is 0.478 e. The zero-order valence-corrected chi connectivity index (χ0v) is 11.9. The molecule has 0 unspecified atom stereocenters. The maximum atomic E-state index is 11.4. The number of aromatic carboxylic acids is 1. The van der Waals surface area contributed by atoms with E-state index in [0.717, 1.165) is 5.56 Å². The Balaban J connectivity index is 2.25. The molecule has 6 nitrogen and oxygen atoms in total. The van der Waals surface area contributed by atoms with Crippen LogP contribution < -0.4 is 5.69 Å². The summed E-state index contributed by atoms with van der Waals surface area (Å²) in [6.07, 6.45) is 0. The number of thioether (sulfide) groups is 1. The van der Waals surface area contributed by atoms with Crippen LogP contribution in [0.4, 0.5) is 0 Å². The molecule has 0 spiro atoms. The van der Waals surface area contributed by atoms with Gasteiger partial charge in [-0.25, -0.2) is 9.59 Å². The summed E-state index contributed by atoms with van der Waals surface area (Å²) in [6.45, 7) is 1.53. The molecule has 0 atom stereocenters. The Labute approximate surface area is 124 Å². The molecule has 7 heteroatoms. The monoisotopic (exact) mass is 301 g/mol. The van der Waals surface area contributed by atoms with Crippen LogP contribution in [-0.2, 0) is 5.75 Å². The van der Waals surface area contributed by atoms with E-state index >= 15 is 0 Å². The second kappa shape index (κ2) is 6.24. The summed E-state index contributed by atoms with van der Waals surface area (Å²) < 4.78 is 0. The predicted molar refractivity (Wildman–Crippen MR) is 77.3 cm³/mol. The third-order valence-electron chi connectivity index (χ3n) is 2.76. The van der Waals surface area contributed by atoms with Gasteiger partial charge in [-0.3, -0.25) is 0 Å². The van der Waals surface area contributed by atoms with Crippen LogP contribution in [0.5, 0.6) is 0 Å². The van der Waals surface area contributed by atoms with Crippen LogP contribution >= 0.6 is 11.8 Å². The lowest BCUT2D eigenvalue weighted by atomic mass is 10.2. The van der Waals surface area contributed by atoms with Crippen molar-refractivity contribution < 1.29 is 9.90 Å². The van der Waals surface area contributed by atoms with E-state index in [1.807, 2.05) is 6.07 Å². The van der Waals surface area contributed by atoms with Crippen LogP contribution in [0.15, 0.2) is 34.1 Å². The van der Waals surface area contributed by atoms with Crippen LogP contribution in [-0.4, -0.2) is 21.0 Å². The molecule has 1 heterocycles. The van der Waals surface area contributed by atoms with Crippen LogP contribution in [0, 0.1) is 18.3 Å². The van der Waals surface area contributed by atoms with Gasteiger partial charge >= 0.3 is 11.7 Å². The van der Waals surface area contributed by atoms with E-state index in [0.29, 0.717) is 11.3 Å². The first-order valence-corrected chi connectivity index (χ1v) is 6.96. The molecule has 0 fully saturated rings. The number of nitrogens with one attached hydrogen (secondary N) is 1. The SMILES string of the molecule is Cc1[nH]c(=O)nc(SCc2ccc(C#N)cc2)c1C(=O)O. The Kier molecular flexibility index (Phi) is 4.40. The van der Waals surface area contributed by atoms with Crippen molar-refractivity contribution >= 4 is 17.7 Å². The number of rotatable bonds is 4. The van der Waals surface area contributed by atoms with Crippen molar-refractivity contribution in [1.29, 1.82) is 5.26 Å². The average Bonchev–Trinajstić information content (AvgIpc) is 2.44. The molecule has 106 valence electrons. The van der Waals surface area contributed by atoms with Gasteiger partial charge in [0.05, 0.1) is 11.6 Å². The summed E-state index contributed by atoms with van der Waals surface area (Å²) in [5.74, 6) is -0.666. The Morgan fingerprint density at radius 3 is 2.67 bits per heavy atom.